The fourth-order valence-electron chi connectivity index (χ4n) is 5.32. The average molecular weight is 710 g/mol. The van der Waals surface area contributed by atoms with E-state index in [0.717, 1.165) is 18.7 Å². The minimum atomic E-state index is -1.17. The van der Waals surface area contributed by atoms with E-state index in [-0.39, 0.29) is 38.5 Å². The van der Waals surface area contributed by atoms with Crippen molar-refractivity contribution >= 4 is 34.4 Å². The minimum absolute atomic E-state index is 0.0664. The third-order valence-electron chi connectivity index (χ3n) is 7.62. The zero-order valence-corrected chi connectivity index (χ0v) is 26.4. The summed E-state index contributed by atoms with van der Waals surface area (Å²) in [5, 5.41) is 33.4. The van der Waals surface area contributed by atoms with Crippen LogP contribution in [0.1, 0.15) is 17.5 Å². The van der Waals surface area contributed by atoms with Crippen LogP contribution in [-0.4, -0.2) is 115 Å². The van der Waals surface area contributed by atoms with Gasteiger partial charge in [0, 0.05) is 44.7 Å². The number of hydrogen-bond donors (Lipinski definition) is 4. The Balaban J connectivity index is 1.67. The van der Waals surface area contributed by atoms with Crippen molar-refractivity contribution in [3.63, 3.8) is 0 Å². The Morgan fingerprint density at radius 2 is 1.88 bits per heavy atom. The van der Waals surface area contributed by atoms with Crippen LogP contribution in [0, 0.1) is 3.57 Å². The van der Waals surface area contributed by atoms with E-state index in [1.165, 1.54) is 7.11 Å². The normalized spacial score (nSPS) is 20.7. The summed E-state index contributed by atoms with van der Waals surface area (Å²) in [5.74, 6) is 0.153. The van der Waals surface area contributed by atoms with Gasteiger partial charge in [0.25, 0.3) is 0 Å². The highest BCUT2D eigenvalue weighted by atomic mass is 127. The molecule has 1 saturated heterocycles. The lowest BCUT2D eigenvalue weighted by Crippen LogP contribution is -2.57. The summed E-state index contributed by atoms with van der Waals surface area (Å²) >= 11 is 2.07. The van der Waals surface area contributed by atoms with Crippen molar-refractivity contribution in [1.29, 1.82) is 0 Å². The van der Waals surface area contributed by atoms with Gasteiger partial charge in [0.1, 0.15) is 12.2 Å². The maximum Gasteiger partial charge on any atom is 0.247 e. The summed E-state index contributed by atoms with van der Waals surface area (Å²) < 4.78 is 18.0. The molecule has 12 heteroatoms. The molecule has 43 heavy (non-hydrogen) atoms. The lowest BCUT2D eigenvalue weighted by molar-refractivity contribution is -0.138. The molecule has 4 rings (SSSR count). The number of amides is 2. The van der Waals surface area contributed by atoms with Crippen molar-refractivity contribution in [3.8, 4) is 11.5 Å². The molecule has 2 aliphatic rings. The highest BCUT2D eigenvalue weighted by Crippen LogP contribution is 2.37. The van der Waals surface area contributed by atoms with Gasteiger partial charge in [-0.05, 0) is 51.9 Å². The average Bonchev–Trinajstić information content (AvgIpc) is 3.03. The van der Waals surface area contributed by atoms with Crippen molar-refractivity contribution in [1.82, 2.24) is 15.1 Å². The van der Waals surface area contributed by atoms with Gasteiger partial charge in [-0.2, -0.15) is 0 Å². The zero-order chi connectivity index (χ0) is 30.8. The van der Waals surface area contributed by atoms with Crippen molar-refractivity contribution in [2.45, 2.75) is 37.7 Å². The van der Waals surface area contributed by atoms with Crippen molar-refractivity contribution in [2.75, 3.05) is 59.7 Å². The molecule has 11 nitrogen and oxygen atoms in total. The van der Waals surface area contributed by atoms with Crippen LogP contribution in [-0.2, 0) is 27.4 Å². The van der Waals surface area contributed by atoms with Crippen LogP contribution in [0.15, 0.2) is 54.1 Å². The molecule has 234 valence electrons. The Morgan fingerprint density at radius 1 is 1.14 bits per heavy atom. The molecule has 4 N–H and O–H groups in total. The smallest absolute Gasteiger partial charge is 0.247 e. The first-order valence-electron chi connectivity index (χ1n) is 14.4. The number of aliphatic hydroxyl groups is 3. The van der Waals surface area contributed by atoms with Crippen molar-refractivity contribution < 1.29 is 39.1 Å². The van der Waals surface area contributed by atoms with Crippen LogP contribution in [0.3, 0.4) is 0 Å². The summed E-state index contributed by atoms with van der Waals surface area (Å²) in [6.07, 6.45) is -0.337. The van der Waals surface area contributed by atoms with E-state index in [1.54, 1.807) is 23.1 Å². The second-order valence-electron chi connectivity index (χ2n) is 10.5. The van der Waals surface area contributed by atoms with Crippen LogP contribution >= 0.6 is 22.6 Å². The molecular formula is C31H40IN3O8. The van der Waals surface area contributed by atoms with Crippen LogP contribution in [0.4, 0.5) is 0 Å². The molecule has 2 aromatic carbocycles. The molecule has 1 fully saturated rings. The van der Waals surface area contributed by atoms with Gasteiger partial charge in [-0.3, -0.25) is 14.5 Å². The number of benzene rings is 2. The first-order chi connectivity index (χ1) is 20.8. The Kier molecular flexibility index (Phi) is 12.6. The van der Waals surface area contributed by atoms with Crippen molar-refractivity contribution in [2.24, 2.45) is 0 Å². The number of rotatable bonds is 13. The molecule has 0 bridgehead atoms. The van der Waals surface area contributed by atoms with Gasteiger partial charge < -0.3 is 39.7 Å². The number of aliphatic hydroxyl groups excluding tert-OH is 3. The molecule has 1 heterocycles. The minimum Gasteiger partial charge on any atom is -0.493 e. The van der Waals surface area contributed by atoms with E-state index in [0.29, 0.717) is 52.5 Å². The van der Waals surface area contributed by atoms with Crippen LogP contribution in [0.2, 0.25) is 0 Å². The van der Waals surface area contributed by atoms with E-state index in [4.69, 9.17) is 14.2 Å². The molecular weight excluding hydrogens is 669 g/mol. The zero-order valence-electron chi connectivity index (χ0n) is 24.3. The summed E-state index contributed by atoms with van der Waals surface area (Å²) in [7, 11) is 1.48. The Bertz CT molecular complexity index is 1260. The third-order valence-corrected chi connectivity index (χ3v) is 8.42. The van der Waals surface area contributed by atoms with Gasteiger partial charge in [0.05, 0.1) is 49.6 Å². The number of nitrogens with one attached hydrogen (secondary N) is 1. The molecule has 3 atom stereocenters. The largest absolute Gasteiger partial charge is 0.493 e. The van der Waals surface area contributed by atoms with E-state index in [9.17, 15) is 24.9 Å². The number of halogens is 1. The molecule has 1 aliphatic heterocycles. The van der Waals surface area contributed by atoms with Crippen LogP contribution in [0.5, 0.6) is 11.5 Å². The van der Waals surface area contributed by atoms with Gasteiger partial charge in [-0.1, -0.05) is 30.3 Å². The number of carbonyl (C=O) groups is 2. The Morgan fingerprint density at radius 3 is 2.56 bits per heavy atom. The first-order valence-corrected chi connectivity index (χ1v) is 15.5. The predicted octanol–water partition coefficient (Wildman–Crippen LogP) is 1.11. The third kappa shape index (κ3) is 8.89. The first kappa shape index (κ1) is 33.1. The molecule has 0 aromatic heterocycles. The standard InChI is InChI=1S/C31H40IN3O8/c1-41-27-16-22(20-37)15-24(32)30(27)43-26-19-23(31(40)33-7-12-36)18-25(29(26)39)35(9-8-34-10-13-42-14-11-34)28(38)17-21-5-3-2-4-6-21/h2-6,15-16,19,25-26,29,36-37,39H,7-14,17-18,20H2,1H3,(H,33,40). The van der Waals surface area contributed by atoms with E-state index >= 15 is 0 Å². The molecule has 0 radical (unpaired) electrons. The van der Waals surface area contributed by atoms with Gasteiger partial charge in [0.15, 0.2) is 11.5 Å². The van der Waals surface area contributed by atoms with E-state index in [2.05, 4.69) is 32.8 Å². The predicted molar refractivity (Wildman–Crippen MR) is 168 cm³/mol. The van der Waals surface area contributed by atoms with Crippen molar-refractivity contribution in [3.05, 3.63) is 68.8 Å². The fourth-order valence-corrected chi connectivity index (χ4v) is 6.11. The summed E-state index contributed by atoms with van der Waals surface area (Å²) in [5.41, 5.74) is 1.83. The molecule has 2 aromatic rings. The lowest BCUT2D eigenvalue weighted by Gasteiger charge is -2.41. The lowest BCUT2D eigenvalue weighted by atomic mass is 9.87. The van der Waals surface area contributed by atoms with E-state index in [1.807, 2.05) is 30.3 Å². The number of morpholine rings is 1. The van der Waals surface area contributed by atoms with Gasteiger partial charge in [-0.25, -0.2) is 0 Å². The Labute approximate surface area is 265 Å². The summed E-state index contributed by atoms with van der Waals surface area (Å²) in [6, 6.07) is 12.1. The quantitative estimate of drug-likeness (QED) is 0.225. The fraction of sp³-hybridized carbons (Fsp3) is 0.484. The maximum absolute atomic E-state index is 13.9. The summed E-state index contributed by atoms with van der Waals surface area (Å²) in [4.78, 5) is 31.0. The number of carbonyl (C=O) groups excluding carboxylic acids is 2. The molecule has 0 saturated carbocycles. The molecule has 0 spiro atoms. The molecule has 1 aliphatic carbocycles. The van der Waals surface area contributed by atoms with E-state index < -0.39 is 24.2 Å². The Hall–Kier alpha value is -2.75. The second kappa shape index (κ2) is 16.4. The van der Waals surface area contributed by atoms with Crippen LogP contribution in [0.25, 0.3) is 0 Å². The molecule has 3 unspecified atom stereocenters. The monoisotopic (exact) mass is 709 g/mol. The number of methoxy groups -OCH3 is 1. The van der Waals surface area contributed by atoms with Gasteiger partial charge in [0.2, 0.25) is 11.8 Å². The summed E-state index contributed by atoms with van der Waals surface area (Å²) in [6.45, 7) is 3.32. The number of nitrogens with zero attached hydrogens (tertiary/aromatic N) is 2. The van der Waals surface area contributed by atoms with Gasteiger partial charge in [-0.15, -0.1) is 0 Å². The SMILES string of the molecule is COc1cc(CO)cc(I)c1OC1C=C(C(=O)NCCO)CC(N(CCN2CCOCC2)C(=O)Cc2ccccc2)C1O. The van der Waals surface area contributed by atoms with Gasteiger partial charge >= 0.3 is 0 Å². The second-order valence-corrected chi connectivity index (χ2v) is 11.6. The van der Waals surface area contributed by atoms with Crippen LogP contribution < -0.4 is 14.8 Å². The topological polar surface area (TPSA) is 141 Å². The number of ether oxygens (including phenoxy) is 3. The highest BCUT2D eigenvalue weighted by Gasteiger charge is 2.41. The molecule has 2 amide bonds. The highest BCUT2D eigenvalue weighted by molar-refractivity contribution is 14.1. The maximum atomic E-state index is 13.9. The number of hydrogen-bond acceptors (Lipinski definition) is 9.